The number of halogens is 1. The first-order valence-electron chi connectivity index (χ1n) is 6.99. The van der Waals surface area contributed by atoms with E-state index in [1.165, 1.54) is 5.56 Å². The number of hydrogen-bond acceptors (Lipinski definition) is 2. The van der Waals surface area contributed by atoms with Crippen molar-refractivity contribution >= 4 is 11.6 Å². The molecule has 0 bridgehead atoms. The summed E-state index contributed by atoms with van der Waals surface area (Å²) in [6, 6.07) is 10.8. The van der Waals surface area contributed by atoms with Gasteiger partial charge in [-0.15, -0.1) is 0 Å². The number of phenolic OH excluding ortho intramolecular Hbond substituents is 1. The van der Waals surface area contributed by atoms with Gasteiger partial charge in [-0.2, -0.15) is 0 Å². The molecule has 0 spiro atoms. The number of phenols is 1. The summed E-state index contributed by atoms with van der Waals surface area (Å²) >= 11 is 0. The second-order valence-electron chi connectivity index (χ2n) is 4.92. The van der Waals surface area contributed by atoms with Gasteiger partial charge < -0.3 is 10.4 Å². The van der Waals surface area contributed by atoms with Crippen molar-refractivity contribution in [3.8, 4) is 5.75 Å². The second kappa shape index (κ2) is 6.88. The number of carbonyl (C=O) groups is 1. The van der Waals surface area contributed by atoms with Crippen molar-refractivity contribution in [1.29, 1.82) is 0 Å². The molecule has 0 aliphatic carbocycles. The molecule has 0 fully saturated rings. The number of unbranched alkanes of at least 4 members (excludes halogenated alkanes) is 1. The maximum absolute atomic E-state index is 13.1. The third-order valence-corrected chi connectivity index (χ3v) is 3.23. The zero-order chi connectivity index (χ0) is 15.2. The van der Waals surface area contributed by atoms with E-state index in [9.17, 15) is 14.3 Å². The van der Waals surface area contributed by atoms with Crippen molar-refractivity contribution < 1.29 is 14.3 Å². The molecular formula is C17H18FNO2. The molecule has 110 valence electrons. The van der Waals surface area contributed by atoms with E-state index in [0.29, 0.717) is 5.69 Å². The third kappa shape index (κ3) is 4.05. The van der Waals surface area contributed by atoms with Gasteiger partial charge in [0, 0.05) is 5.69 Å². The molecule has 0 aliphatic rings. The van der Waals surface area contributed by atoms with Gasteiger partial charge >= 0.3 is 0 Å². The van der Waals surface area contributed by atoms with Crippen LogP contribution in [0.1, 0.15) is 35.7 Å². The normalized spacial score (nSPS) is 10.4. The standard InChI is InChI=1S/C17H18FNO2/c1-2-3-4-12-5-8-14(9-6-12)19-17(21)15-11-13(18)7-10-16(15)20/h5-11,20H,2-4H2,1H3,(H,19,21). The van der Waals surface area contributed by atoms with Crippen LogP contribution in [0.15, 0.2) is 42.5 Å². The molecule has 0 aliphatic heterocycles. The maximum atomic E-state index is 13.1. The van der Waals surface area contributed by atoms with Crippen LogP contribution < -0.4 is 5.32 Å². The average Bonchev–Trinajstić information content (AvgIpc) is 2.49. The minimum Gasteiger partial charge on any atom is -0.507 e. The molecule has 0 heterocycles. The molecular weight excluding hydrogens is 269 g/mol. The van der Waals surface area contributed by atoms with Gasteiger partial charge in [-0.25, -0.2) is 4.39 Å². The van der Waals surface area contributed by atoms with Gasteiger partial charge in [0.2, 0.25) is 0 Å². The van der Waals surface area contributed by atoms with Gasteiger partial charge in [-0.05, 0) is 48.7 Å². The smallest absolute Gasteiger partial charge is 0.259 e. The van der Waals surface area contributed by atoms with E-state index in [4.69, 9.17) is 0 Å². The summed E-state index contributed by atoms with van der Waals surface area (Å²) < 4.78 is 13.1. The number of hydrogen-bond donors (Lipinski definition) is 2. The number of amides is 1. The van der Waals surface area contributed by atoms with Crippen LogP contribution >= 0.6 is 0 Å². The van der Waals surface area contributed by atoms with Crippen LogP contribution in [0, 0.1) is 5.82 Å². The molecule has 2 N–H and O–H groups in total. The van der Waals surface area contributed by atoms with E-state index >= 15 is 0 Å². The summed E-state index contributed by atoms with van der Waals surface area (Å²) in [6.45, 7) is 2.14. The zero-order valence-corrected chi connectivity index (χ0v) is 11.9. The van der Waals surface area contributed by atoms with Crippen LogP contribution in [0.25, 0.3) is 0 Å². The lowest BCUT2D eigenvalue weighted by Gasteiger charge is -2.08. The van der Waals surface area contributed by atoms with Crippen molar-refractivity contribution in [1.82, 2.24) is 0 Å². The summed E-state index contributed by atoms with van der Waals surface area (Å²) in [5, 5.41) is 12.2. The Morgan fingerprint density at radius 1 is 1.19 bits per heavy atom. The summed E-state index contributed by atoms with van der Waals surface area (Å²) in [4.78, 5) is 12.0. The Labute approximate surface area is 123 Å². The lowest BCUT2D eigenvalue weighted by atomic mass is 10.1. The minimum absolute atomic E-state index is 0.0786. The molecule has 3 nitrogen and oxygen atoms in total. The average molecular weight is 287 g/mol. The number of carbonyl (C=O) groups excluding carboxylic acids is 1. The monoisotopic (exact) mass is 287 g/mol. The van der Waals surface area contributed by atoms with Crippen LogP contribution in [0.2, 0.25) is 0 Å². The number of aryl methyl sites for hydroxylation is 1. The molecule has 2 aromatic carbocycles. The van der Waals surface area contributed by atoms with E-state index in [1.54, 1.807) is 12.1 Å². The maximum Gasteiger partial charge on any atom is 0.259 e. The van der Waals surface area contributed by atoms with Crippen molar-refractivity contribution in [2.75, 3.05) is 5.32 Å². The van der Waals surface area contributed by atoms with E-state index in [-0.39, 0.29) is 11.3 Å². The fourth-order valence-corrected chi connectivity index (χ4v) is 2.02. The fourth-order valence-electron chi connectivity index (χ4n) is 2.02. The van der Waals surface area contributed by atoms with E-state index in [1.807, 2.05) is 12.1 Å². The first-order valence-corrected chi connectivity index (χ1v) is 6.99. The second-order valence-corrected chi connectivity index (χ2v) is 4.92. The van der Waals surface area contributed by atoms with Crippen molar-refractivity contribution in [2.45, 2.75) is 26.2 Å². The van der Waals surface area contributed by atoms with Crippen LogP contribution in [-0.2, 0) is 6.42 Å². The van der Waals surface area contributed by atoms with E-state index < -0.39 is 11.7 Å². The van der Waals surface area contributed by atoms with Gasteiger partial charge in [0.15, 0.2) is 0 Å². The molecule has 2 aromatic rings. The van der Waals surface area contributed by atoms with Crippen molar-refractivity contribution in [3.05, 3.63) is 59.4 Å². The highest BCUT2D eigenvalue weighted by atomic mass is 19.1. The SMILES string of the molecule is CCCCc1ccc(NC(=O)c2cc(F)ccc2O)cc1. The summed E-state index contributed by atoms with van der Waals surface area (Å²) in [7, 11) is 0. The number of benzene rings is 2. The highest BCUT2D eigenvalue weighted by Gasteiger charge is 2.12. The molecule has 0 saturated heterocycles. The Hall–Kier alpha value is -2.36. The predicted octanol–water partition coefficient (Wildman–Crippen LogP) is 4.13. The quantitative estimate of drug-likeness (QED) is 0.868. The van der Waals surface area contributed by atoms with E-state index in [2.05, 4.69) is 12.2 Å². The Morgan fingerprint density at radius 3 is 2.57 bits per heavy atom. The topological polar surface area (TPSA) is 49.3 Å². The largest absolute Gasteiger partial charge is 0.507 e. The molecule has 0 saturated carbocycles. The summed E-state index contributed by atoms with van der Waals surface area (Å²) in [5.41, 5.74) is 1.75. The van der Waals surface area contributed by atoms with Gasteiger partial charge in [0.25, 0.3) is 5.91 Å². The lowest BCUT2D eigenvalue weighted by molar-refractivity contribution is 0.102. The predicted molar refractivity (Wildman–Crippen MR) is 81.1 cm³/mol. The fraction of sp³-hybridized carbons (Fsp3) is 0.235. The van der Waals surface area contributed by atoms with Gasteiger partial charge in [-0.1, -0.05) is 25.5 Å². The van der Waals surface area contributed by atoms with Crippen LogP contribution in [-0.4, -0.2) is 11.0 Å². The summed E-state index contributed by atoms with van der Waals surface area (Å²) in [6.07, 6.45) is 3.27. The Balaban J connectivity index is 2.07. The molecule has 2 rings (SSSR count). The van der Waals surface area contributed by atoms with Crippen molar-refractivity contribution in [3.63, 3.8) is 0 Å². The lowest BCUT2D eigenvalue weighted by Crippen LogP contribution is -2.12. The minimum atomic E-state index is -0.562. The Morgan fingerprint density at radius 2 is 1.90 bits per heavy atom. The molecule has 0 atom stereocenters. The first kappa shape index (κ1) is 15.0. The van der Waals surface area contributed by atoms with Crippen LogP contribution in [0.5, 0.6) is 5.75 Å². The first-order chi connectivity index (χ1) is 10.1. The summed E-state index contributed by atoms with van der Waals surface area (Å²) in [5.74, 6) is -1.34. The highest BCUT2D eigenvalue weighted by Crippen LogP contribution is 2.20. The molecule has 4 heteroatoms. The molecule has 0 radical (unpaired) electrons. The van der Waals surface area contributed by atoms with Crippen molar-refractivity contribution in [2.24, 2.45) is 0 Å². The number of anilines is 1. The third-order valence-electron chi connectivity index (χ3n) is 3.23. The molecule has 1 amide bonds. The molecule has 0 unspecified atom stereocenters. The molecule has 21 heavy (non-hydrogen) atoms. The van der Waals surface area contributed by atoms with Gasteiger partial charge in [0.1, 0.15) is 11.6 Å². The Bertz CT molecular complexity index is 623. The van der Waals surface area contributed by atoms with Crippen LogP contribution in [0.4, 0.5) is 10.1 Å². The number of aromatic hydroxyl groups is 1. The van der Waals surface area contributed by atoms with E-state index in [0.717, 1.165) is 37.5 Å². The molecule has 0 aromatic heterocycles. The van der Waals surface area contributed by atoms with Gasteiger partial charge in [-0.3, -0.25) is 4.79 Å². The zero-order valence-electron chi connectivity index (χ0n) is 11.9. The van der Waals surface area contributed by atoms with Gasteiger partial charge in [0.05, 0.1) is 5.56 Å². The Kier molecular flexibility index (Phi) is 4.93. The highest BCUT2D eigenvalue weighted by molar-refractivity contribution is 6.06. The number of nitrogens with one attached hydrogen (secondary N) is 1. The van der Waals surface area contributed by atoms with Crippen LogP contribution in [0.3, 0.4) is 0 Å². The number of rotatable bonds is 5.